The average molecular weight is 413 g/mol. The third kappa shape index (κ3) is 4.17. The second-order valence-corrected chi connectivity index (χ2v) is 7.47. The van der Waals surface area contributed by atoms with Crippen molar-refractivity contribution in [2.24, 2.45) is 0 Å². The lowest BCUT2D eigenvalue weighted by Gasteiger charge is -2.15. The number of allylic oxidation sites excluding steroid dienone is 1. The molecule has 0 saturated heterocycles. The van der Waals surface area contributed by atoms with Gasteiger partial charge in [0.2, 0.25) is 5.95 Å². The number of aromatic nitrogens is 3. The van der Waals surface area contributed by atoms with E-state index in [4.69, 9.17) is 9.72 Å². The lowest BCUT2D eigenvalue weighted by Crippen LogP contribution is -2.03. The summed E-state index contributed by atoms with van der Waals surface area (Å²) in [4.78, 5) is 9.34. The zero-order chi connectivity index (χ0) is 21.8. The van der Waals surface area contributed by atoms with Crippen molar-refractivity contribution in [1.29, 1.82) is 0 Å². The lowest BCUT2D eigenvalue weighted by molar-refractivity contribution is 0.409. The fourth-order valence-corrected chi connectivity index (χ4v) is 3.99. The molecule has 5 nitrogen and oxygen atoms in total. The molecule has 0 bridgehead atoms. The molecule has 0 amide bonds. The van der Waals surface area contributed by atoms with Gasteiger partial charge in [-0.2, -0.15) is 4.98 Å². The number of nitrogens with zero attached hydrogens (tertiary/aromatic N) is 3. The van der Waals surface area contributed by atoms with Crippen molar-refractivity contribution in [2.45, 2.75) is 33.1 Å². The number of ether oxygens (including phenoxy) is 1. The molecule has 4 aromatic rings. The summed E-state index contributed by atoms with van der Waals surface area (Å²) >= 11 is 0. The lowest BCUT2D eigenvalue weighted by atomic mass is 10.0. The molecule has 0 aliphatic carbocycles. The highest BCUT2D eigenvalue weighted by Crippen LogP contribution is 2.30. The Hall–Kier alpha value is -3.60. The number of anilines is 2. The van der Waals surface area contributed by atoms with Gasteiger partial charge in [0.15, 0.2) is 0 Å². The van der Waals surface area contributed by atoms with Crippen LogP contribution in [0.1, 0.15) is 30.5 Å². The summed E-state index contributed by atoms with van der Waals surface area (Å²) in [5, 5.41) is 4.36. The Labute approximate surface area is 183 Å². The van der Waals surface area contributed by atoms with Gasteiger partial charge in [0.05, 0.1) is 7.11 Å². The number of nitrogens with one attached hydrogen (secondary N) is 1. The molecule has 0 fully saturated rings. The quantitative estimate of drug-likeness (QED) is 0.359. The smallest absolute Gasteiger partial charge is 0.229 e. The molecule has 0 aliphatic rings. The molecular weight excluding hydrogens is 384 g/mol. The highest BCUT2D eigenvalue weighted by atomic mass is 16.5. The largest absolute Gasteiger partial charge is 0.496 e. The molecule has 0 unspecified atom stereocenters. The average Bonchev–Trinajstić information content (AvgIpc) is 3.22. The van der Waals surface area contributed by atoms with E-state index in [0.29, 0.717) is 5.95 Å². The van der Waals surface area contributed by atoms with Crippen LogP contribution in [0.25, 0.3) is 16.7 Å². The third-order valence-electron chi connectivity index (χ3n) is 5.51. The van der Waals surface area contributed by atoms with Crippen molar-refractivity contribution >= 4 is 22.7 Å². The van der Waals surface area contributed by atoms with E-state index in [1.165, 1.54) is 16.7 Å². The standard InChI is InChI=1S/C26H28N4O/c1-5-9-18-10-8-11-22(14-18)30-13-12-20-17-27-26(29-25(20)30)28-21-15-19(6-2)23(7-3)24(16-21)31-4/h5,8,10-17H,1,6-7,9H2,2-4H3,(H,27,28,29). The topological polar surface area (TPSA) is 52.0 Å². The fraction of sp³-hybridized carbons (Fsp3) is 0.231. The van der Waals surface area contributed by atoms with Gasteiger partial charge < -0.3 is 14.6 Å². The number of methoxy groups -OCH3 is 1. The summed E-state index contributed by atoms with van der Waals surface area (Å²) in [6.07, 6.45) is 8.52. The molecule has 0 saturated carbocycles. The van der Waals surface area contributed by atoms with Crippen molar-refractivity contribution in [1.82, 2.24) is 14.5 Å². The molecular formula is C26H28N4O. The van der Waals surface area contributed by atoms with Crippen LogP contribution in [0.15, 0.2) is 67.5 Å². The van der Waals surface area contributed by atoms with Crippen molar-refractivity contribution in [2.75, 3.05) is 12.4 Å². The van der Waals surface area contributed by atoms with E-state index in [-0.39, 0.29) is 0 Å². The maximum atomic E-state index is 5.63. The van der Waals surface area contributed by atoms with E-state index in [1.54, 1.807) is 7.11 Å². The molecule has 2 aromatic heterocycles. The maximum Gasteiger partial charge on any atom is 0.229 e. The van der Waals surface area contributed by atoms with Gasteiger partial charge in [-0.1, -0.05) is 32.1 Å². The van der Waals surface area contributed by atoms with Gasteiger partial charge in [-0.15, -0.1) is 6.58 Å². The zero-order valence-electron chi connectivity index (χ0n) is 18.4. The van der Waals surface area contributed by atoms with Crippen molar-refractivity contribution in [3.05, 3.63) is 84.2 Å². The first-order valence-electron chi connectivity index (χ1n) is 10.7. The Bertz CT molecular complexity index is 1200. The second-order valence-electron chi connectivity index (χ2n) is 7.47. The Balaban J connectivity index is 1.71. The first kappa shape index (κ1) is 20.7. The van der Waals surface area contributed by atoms with E-state index < -0.39 is 0 Å². The van der Waals surface area contributed by atoms with Crippen LogP contribution in [-0.2, 0) is 19.3 Å². The normalized spacial score (nSPS) is 10.9. The number of benzene rings is 2. The molecule has 1 N–H and O–H groups in total. The maximum absolute atomic E-state index is 5.63. The van der Waals surface area contributed by atoms with Crippen LogP contribution in [0.2, 0.25) is 0 Å². The summed E-state index contributed by atoms with van der Waals surface area (Å²) in [7, 11) is 1.72. The van der Waals surface area contributed by atoms with Gasteiger partial charge in [-0.3, -0.25) is 0 Å². The highest BCUT2D eigenvalue weighted by molar-refractivity contribution is 5.79. The van der Waals surface area contributed by atoms with Crippen LogP contribution in [0.4, 0.5) is 11.6 Å². The van der Waals surface area contributed by atoms with Gasteiger partial charge in [0.25, 0.3) is 0 Å². The number of hydrogen-bond acceptors (Lipinski definition) is 4. The Morgan fingerprint density at radius 3 is 2.74 bits per heavy atom. The fourth-order valence-electron chi connectivity index (χ4n) is 3.99. The summed E-state index contributed by atoms with van der Waals surface area (Å²) in [5.74, 6) is 1.45. The first-order chi connectivity index (χ1) is 15.2. The van der Waals surface area contributed by atoms with Crippen LogP contribution in [0.5, 0.6) is 5.75 Å². The van der Waals surface area contributed by atoms with Crippen molar-refractivity contribution < 1.29 is 4.74 Å². The van der Waals surface area contributed by atoms with Gasteiger partial charge in [0, 0.05) is 35.2 Å². The Kier molecular flexibility index (Phi) is 6.03. The monoisotopic (exact) mass is 412 g/mol. The van der Waals surface area contributed by atoms with Crippen molar-refractivity contribution in [3.63, 3.8) is 0 Å². The minimum atomic E-state index is 0.558. The number of hydrogen-bond donors (Lipinski definition) is 1. The molecule has 5 heteroatoms. The molecule has 2 aromatic carbocycles. The number of fused-ring (bicyclic) bond motifs is 1. The number of rotatable bonds is 8. The van der Waals surface area contributed by atoms with Crippen LogP contribution in [0.3, 0.4) is 0 Å². The predicted molar refractivity (Wildman–Crippen MR) is 128 cm³/mol. The van der Waals surface area contributed by atoms with Crippen molar-refractivity contribution in [3.8, 4) is 11.4 Å². The van der Waals surface area contributed by atoms with Crippen LogP contribution < -0.4 is 10.1 Å². The molecule has 4 rings (SSSR count). The van der Waals surface area contributed by atoms with E-state index in [0.717, 1.165) is 47.4 Å². The highest BCUT2D eigenvalue weighted by Gasteiger charge is 2.12. The third-order valence-corrected chi connectivity index (χ3v) is 5.51. The van der Waals surface area contributed by atoms with E-state index in [1.807, 2.05) is 30.6 Å². The van der Waals surface area contributed by atoms with E-state index in [9.17, 15) is 0 Å². The first-order valence-corrected chi connectivity index (χ1v) is 10.7. The molecule has 0 radical (unpaired) electrons. The minimum Gasteiger partial charge on any atom is -0.496 e. The van der Waals surface area contributed by atoms with Crippen LogP contribution >= 0.6 is 0 Å². The Morgan fingerprint density at radius 1 is 1.13 bits per heavy atom. The molecule has 158 valence electrons. The molecule has 31 heavy (non-hydrogen) atoms. The summed E-state index contributed by atoms with van der Waals surface area (Å²) in [5.41, 5.74) is 6.60. The summed E-state index contributed by atoms with van der Waals surface area (Å²) in [6, 6.07) is 14.6. The minimum absolute atomic E-state index is 0.558. The van der Waals surface area contributed by atoms with Gasteiger partial charge in [-0.25, -0.2) is 4.98 Å². The molecule has 0 atom stereocenters. The zero-order valence-corrected chi connectivity index (χ0v) is 18.4. The summed E-state index contributed by atoms with van der Waals surface area (Å²) < 4.78 is 7.72. The Morgan fingerprint density at radius 2 is 2.00 bits per heavy atom. The molecule has 0 aliphatic heterocycles. The SMILES string of the molecule is C=CCc1cccc(-n2ccc3cnc(Nc4cc(CC)c(CC)c(OC)c4)nc32)c1. The van der Waals surface area contributed by atoms with Gasteiger partial charge in [-0.05, 0) is 60.2 Å². The molecule has 0 spiro atoms. The predicted octanol–water partition coefficient (Wildman–Crippen LogP) is 6.03. The van der Waals surface area contributed by atoms with Crippen LogP contribution in [-0.4, -0.2) is 21.6 Å². The van der Waals surface area contributed by atoms with Gasteiger partial charge >= 0.3 is 0 Å². The summed E-state index contributed by atoms with van der Waals surface area (Å²) in [6.45, 7) is 8.15. The van der Waals surface area contributed by atoms with Gasteiger partial charge in [0.1, 0.15) is 11.4 Å². The number of aryl methyl sites for hydroxylation is 1. The second kappa shape index (κ2) is 9.04. The van der Waals surface area contributed by atoms with E-state index >= 15 is 0 Å². The molecule has 2 heterocycles. The van der Waals surface area contributed by atoms with Crippen LogP contribution in [0, 0.1) is 0 Å². The van der Waals surface area contributed by atoms with E-state index in [2.05, 4.69) is 65.6 Å².